The summed E-state index contributed by atoms with van der Waals surface area (Å²) in [7, 11) is 4.20. The van der Waals surface area contributed by atoms with Crippen LogP contribution in [0.4, 0.5) is 4.79 Å². The van der Waals surface area contributed by atoms with Gasteiger partial charge in [0, 0.05) is 12.1 Å². The van der Waals surface area contributed by atoms with Crippen molar-refractivity contribution in [1.29, 1.82) is 0 Å². The summed E-state index contributed by atoms with van der Waals surface area (Å²) in [5, 5.41) is 3.28. The summed E-state index contributed by atoms with van der Waals surface area (Å²) in [6, 6.07) is 12.3. The van der Waals surface area contributed by atoms with Gasteiger partial charge in [-0.3, -0.25) is 9.69 Å². The number of ketones is 1. The standard InChI is InChI=1S/C21H19ClN2O5/c1-24-18(13-4-8-14(22)9-5-13)16(19(25)20(26)29-3)17(23-21(24)27)12-6-10-15(28-2)11-7-12/h4-11,17H,1-3H3,(H,23,27)/t17-/m1/s1. The summed E-state index contributed by atoms with van der Waals surface area (Å²) in [4.78, 5) is 39.1. The molecule has 1 heterocycles. The number of nitrogens with zero attached hydrogens (tertiary/aromatic N) is 1. The first-order valence-corrected chi connectivity index (χ1v) is 9.06. The topological polar surface area (TPSA) is 84.9 Å². The molecule has 1 atom stereocenters. The van der Waals surface area contributed by atoms with E-state index in [-0.39, 0.29) is 5.57 Å². The van der Waals surface area contributed by atoms with Crippen LogP contribution in [0.5, 0.6) is 5.75 Å². The van der Waals surface area contributed by atoms with Crippen molar-refractivity contribution >= 4 is 35.1 Å². The number of methoxy groups -OCH3 is 2. The highest BCUT2D eigenvalue weighted by molar-refractivity contribution is 6.42. The zero-order valence-electron chi connectivity index (χ0n) is 16.1. The molecule has 0 saturated heterocycles. The van der Waals surface area contributed by atoms with Crippen molar-refractivity contribution in [1.82, 2.24) is 10.2 Å². The molecule has 0 aliphatic carbocycles. The largest absolute Gasteiger partial charge is 0.497 e. The van der Waals surface area contributed by atoms with Gasteiger partial charge in [0.1, 0.15) is 5.75 Å². The summed E-state index contributed by atoms with van der Waals surface area (Å²) in [5.74, 6) is -1.24. The maximum Gasteiger partial charge on any atom is 0.379 e. The first kappa shape index (κ1) is 20.4. The molecule has 1 aliphatic heterocycles. The van der Waals surface area contributed by atoms with E-state index < -0.39 is 23.8 Å². The van der Waals surface area contributed by atoms with Crippen LogP contribution in [0.1, 0.15) is 17.2 Å². The van der Waals surface area contributed by atoms with Crippen molar-refractivity contribution in [2.45, 2.75) is 6.04 Å². The van der Waals surface area contributed by atoms with Gasteiger partial charge in [-0.1, -0.05) is 35.9 Å². The smallest absolute Gasteiger partial charge is 0.379 e. The quantitative estimate of drug-likeness (QED) is 0.600. The Balaban J connectivity index is 2.24. The zero-order chi connectivity index (χ0) is 21.1. The first-order valence-electron chi connectivity index (χ1n) is 8.68. The van der Waals surface area contributed by atoms with Gasteiger partial charge in [-0.2, -0.15) is 0 Å². The minimum atomic E-state index is -1.02. The highest BCUT2D eigenvalue weighted by atomic mass is 35.5. The lowest BCUT2D eigenvalue weighted by atomic mass is 9.89. The van der Waals surface area contributed by atoms with Gasteiger partial charge in [0.05, 0.1) is 31.5 Å². The number of nitrogens with one attached hydrogen (secondary N) is 1. The van der Waals surface area contributed by atoms with Gasteiger partial charge in [0.15, 0.2) is 0 Å². The number of hydrogen-bond acceptors (Lipinski definition) is 5. The van der Waals surface area contributed by atoms with Crippen molar-refractivity contribution in [3.8, 4) is 5.75 Å². The molecule has 3 rings (SSSR count). The van der Waals surface area contributed by atoms with Gasteiger partial charge in [-0.15, -0.1) is 0 Å². The maximum atomic E-state index is 13.0. The highest BCUT2D eigenvalue weighted by Gasteiger charge is 2.39. The Morgan fingerprint density at radius 1 is 1.03 bits per heavy atom. The predicted molar refractivity (Wildman–Crippen MR) is 107 cm³/mol. The Labute approximate surface area is 172 Å². The van der Waals surface area contributed by atoms with Crippen LogP contribution in [0, 0.1) is 0 Å². The summed E-state index contributed by atoms with van der Waals surface area (Å²) < 4.78 is 9.82. The van der Waals surface area contributed by atoms with Crippen LogP contribution in [0.25, 0.3) is 5.70 Å². The maximum absolute atomic E-state index is 13.0. The molecule has 2 amide bonds. The lowest BCUT2D eigenvalue weighted by Crippen LogP contribution is -2.46. The van der Waals surface area contributed by atoms with Gasteiger partial charge < -0.3 is 14.8 Å². The molecule has 7 nitrogen and oxygen atoms in total. The average molecular weight is 415 g/mol. The molecular weight excluding hydrogens is 396 g/mol. The van der Waals surface area contributed by atoms with Crippen molar-refractivity contribution in [2.75, 3.05) is 21.3 Å². The number of amides is 2. The Bertz CT molecular complexity index is 983. The van der Waals surface area contributed by atoms with E-state index >= 15 is 0 Å². The molecule has 150 valence electrons. The lowest BCUT2D eigenvalue weighted by Gasteiger charge is -2.35. The Morgan fingerprint density at radius 3 is 2.21 bits per heavy atom. The Kier molecular flexibility index (Phi) is 5.89. The van der Waals surface area contributed by atoms with Gasteiger partial charge in [0.25, 0.3) is 5.78 Å². The number of ether oxygens (including phenoxy) is 2. The number of carbonyl (C=O) groups excluding carboxylic acids is 3. The van der Waals surface area contributed by atoms with E-state index in [4.69, 9.17) is 16.3 Å². The summed E-state index contributed by atoms with van der Waals surface area (Å²) >= 11 is 5.98. The molecule has 0 unspecified atom stereocenters. The number of carbonyl (C=O) groups is 3. The molecule has 0 spiro atoms. The van der Waals surface area contributed by atoms with Crippen LogP contribution in [0.3, 0.4) is 0 Å². The summed E-state index contributed by atoms with van der Waals surface area (Å²) in [5.41, 5.74) is 1.59. The second-order valence-corrected chi connectivity index (χ2v) is 6.74. The first-order chi connectivity index (χ1) is 13.9. The van der Waals surface area contributed by atoms with Gasteiger partial charge in [-0.25, -0.2) is 9.59 Å². The molecular formula is C21H19ClN2O5. The van der Waals surface area contributed by atoms with Crippen molar-refractivity contribution in [3.63, 3.8) is 0 Å². The van der Waals surface area contributed by atoms with E-state index in [9.17, 15) is 14.4 Å². The van der Waals surface area contributed by atoms with E-state index in [1.54, 1.807) is 48.5 Å². The van der Waals surface area contributed by atoms with Crippen molar-refractivity contribution < 1.29 is 23.9 Å². The zero-order valence-corrected chi connectivity index (χ0v) is 16.8. The van der Waals surface area contributed by atoms with Crippen LogP contribution in [0.15, 0.2) is 54.1 Å². The fourth-order valence-corrected chi connectivity index (χ4v) is 3.28. The van der Waals surface area contributed by atoms with E-state index in [0.717, 1.165) is 7.11 Å². The summed E-state index contributed by atoms with van der Waals surface area (Å²) in [6.07, 6.45) is 0. The number of urea groups is 1. The molecule has 29 heavy (non-hydrogen) atoms. The predicted octanol–water partition coefficient (Wildman–Crippen LogP) is 3.20. The van der Waals surface area contributed by atoms with Crippen LogP contribution >= 0.6 is 11.6 Å². The molecule has 0 fully saturated rings. The van der Waals surface area contributed by atoms with Crippen LogP contribution in [-0.4, -0.2) is 44.0 Å². The number of halogens is 1. The van der Waals surface area contributed by atoms with Gasteiger partial charge >= 0.3 is 12.0 Å². The lowest BCUT2D eigenvalue weighted by molar-refractivity contribution is -0.150. The number of benzene rings is 2. The van der Waals surface area contributed by atoms with Crippen molar-refractivity contribution in [2.24, 2.45) is 0 Å². The Morgan fingerprint density at radius 2 is 1.66 bits per heavy atom. The molecule has 0 radical (unpaired) electrons. The van der Waals surface area contributed by atoms with E-state index in [1.807, 2.05) is 0 Å². The SMILES string of the molecule is COC(=O)C(=O)C1=C(c2ccc(Cl)cc2)N(C)C(=O)N[C@@H]1c1ccc(OC)cc1. The molecule has 0 aromatic heterocycles. The van der Waals surface area contributed by atoms with Gasteiger partial charge in [0.2, 0.25) is 0 Å². The van der Waals surface area contributed by atoms with Crippen LogP contribution in [-0.2, 0) is 14.3 Å². The Hall–Kier alpha value is -3.32. The van der Waals surface area contributed by atoms with Crippen molar-refractivity contribution in [3.05, 3.63) is 70.3 Å². The number of Topliss-reactive ketones (excluding diaryl/α,β-unsaturated/α-hetero) is 1. The molecule has 0 bridgehead atoms. The molecule has 8 heteroatoms. The average Bonchev–Trinajstić information content (AvgIpc) is 2.75. The summed E-state index contributed by atoms with van der Waals surface area (Å²) in [6.45, 7) is 0. The van der Waals surface area contributed by atoms with E-state index in [0.29, 0.717) is 27.6 Å². The third kappa shape index (κ3) is 3.95. The molecule has 1 aliphatic rings. The van der Waals surface area contributed by atoms with Crippen LogP contribution in [0.2, 0.25) is 5.02 Å². The monoisotopic (exact) mass is 414 g/mol. The number of esters is 1. The molecule has 2 aromatic carbocycles. The number of rotatable bonds is 5. The van der Waals surface area contributed by atoms with E-state index in [2.05, 4.69) is 10.1 Å². The number of hydrogen-bond donors (Lipinski definition) is 1. The minimum Gasteiger partial charge on any atom is -0.497 e. The molecule has 2 aromatic rings. The third-order valence-electron chi connectivity index (χ3n) is 4.63. The normalized spacial score (nSPS) is 16.3. The third-order valence-corrected chi connectivity index (χ3v) is 4.89. The fourth-order valence-electron chi connectivity index (χ4n) is 3.16. The van der Waals surface area contributed by atoms with Gasteiger partial charge in [-0.05, 0) is 35.4 Å². The van der Waals surface area contributed by atoms with E-state index in [1.165, 1.54) is 19.1 Å². The van der Waals surface area contributed by atoms with Crippen LogP contribution < -0.4 is 10.1 Å². The molecule has 0 saturated carbocycles. The minimum absolute atomic E-state index is 0.103. The fraction of sp³-hybridized carbons (Fsp3) is 0.190. The second-order valence-electron chi connectivity index (χ2n) is 6.30. The second kappa shape index (κ2) is 8.36. The highest BCUT2D eigenvalue weighted by Crippen LogP contribution is 2.36. The molecule has 1 N–H and O–H groups in total.